The number of alkyl halides is 1. The normalized spacial score (nSPS) is 17.7. The Morgan fingerprint density at radius 2 is 2.42 bits per heavy atom. The summed E-state index contributed by atoms with van der Waals surface area (Å²) < 4.78 is 0. The summed E-state index contributed by atoms with van der Waals surface area (Å²) in [7, 11) is 0. The van der Waals surface area contributed by atoms with Crippen LogP contribution in [-0.2, 0) is 4.79 Å². The van der Waals surface area contributed by atoms with Crippen LogP contribution in [0.25, 0.3) is 0 Å². The second-order valence-corrected chi connectivity index (χ2v) is 3.50. The Bertz CT molecular complexity index is 268. The van der Waals surface area contributed by atoms with Gasteiger partial charge in [-0.2, -0.15) is 0 Å². The molecular formula is C8H8BrClO2. The van der Waals surface area contributed by atoms with Gasteiger partial charge >= 0.3 is 5.97 Å². The Hall–Kier alpha value is -0.280. The number of carboxylic acid groups (broad SMARTS) is 1. The summed E-state index contributed by atoms with van der Waals surface area (Å²) in [6.45, 7) is 0. The van der Waals surface area contributed by atoms with Crippen molar-refractivity contribution in [1.82, 2.24) is 0 Å². The third-order valence-corrected chi connectivity index (χ3v) is 2.69. The van der Waals surface area contributed by atoms with E-state index in [4.69, 9.17) is 16.7 Å². The van der Waals surface area contributed by atoms with Gasteiger partial charge in [0.1, 0.15) is 0 Å². The summed E-state index contributed by atoms with van der Waals surface area (Å²) in [4.78, 5) is 10.7. The molecule has 0 saturated carbocycles. The first-order chi connectivity index (χ1) is 5.66. The molecule has 0 atom stereocenters. The van der Waals surface area contributed by atoms with Gasteiger partial charge in [-0.05, 0) is 18.4 Å². The predicted molar refractivity (Wildman–Crippen MR) is 51.6 cm³/mol. The van der Waals surface area contributed by atoms with Crippen molar-refractivity contribution in [2.45, 2.75) is 12.8 Å². The summed E-state index contributed by atoms with van der Waals surface area (Å²) in [5, 5.41) is 9.81. The van der Waals surface area contributed by atoms with Crippen molar-refractivity contribution >= 4 is 33.5 Å². The average molecular weight is 252 g/mol. The number of hydrogen-bond donors (Lipinski definition) is 1. The Morgan fingerprint density at radius 1 is 1.75 bits per heavy atom. The molecule has 0 radical (unpaired) electrons. The lowest BCUT2D eigenvalue weighted by Crippen LogP contribution is -2.09. The second-order valence-electron chi connectivity index (χ2n) is 2.49. The molecule has 0 aromatic rings. The molecule has 4 heteroatoms. The Morgan fingerprint density at radius 3 is 2.83 bits per heavy atom. The van der Waals surface area contributed by atoms with Gasteiger partial charge in [0.2, 0.25) is 0 Å². The topological polar surface area (TPSA) is 37.3 Å². The highest BCUT2D eigenvalue weighted by molar-refractivity contribution is 9.09. The third-order valence-electron chi connectivity index (χ3n) is 1.70. The van der Waals surface area contributed by atoms with E-state index in [0.29, 0.717) is 16.8 Å². The van der Waals surface area contributed by atoms with E-state index in [2.05, 4.69) is 15.9 Å². The Balaban J connectivity index is 3.03. The highest BCUT2D eigenvalue weighted by Gasteiger charge is 2.19. The monoisotopic (exact) mass is 250 g/mol. The first kappa shape index (κ1) is 9.81. The zero-order valence-electron chi connectivity index (χ0n) is 6.31. The molecule has 0 unspecified atom stereocenters. The van der Waals surface area contributed by atoms with Crippen molar-refractivity contribution in [2.75, 3.05) is 5.33 Å². The van der Waals surface area contributed by atoms with E-state index >= 15 is 0 Å². The van der Waals surface area contributed by atoms with Crippen molar-refractivity contribution in [2.24, 2.45) is 0 Å². The molecule has 66 valence electrons. The van der Waals surface area contributed by atoms with Crippen LogP contribution < -0.4 is 0 Å². The zero-order valence-corrected chi connectivity index (χ0v) is 8.65. The molecule has 0 spiro atoms. The summed E-state index contributed by atoms with van der Waals surface area (Å²) in [6.07, 6.45) is 3.38. The van der Waals surface area contributed by atoms with E-state index in [-0.39, 0.29) is 5.57 Å². The molecule has 0 bridgehead atoms. The fourth-order valence-electron chi connectivity index (χ4n) is 1.15. The number of hydrogen-bond acceptors (Lipinski definition) is 1. The minimum absolute atomic E-state index is 0.264. The number of allylic oxidation sites excluding steroid dienone is 2. The predicted octanol–water partition coefficient (Wildman–Crippen LogP) is 2.68. The minimum Gasteiger partial charge on any atom is -0.478 e. The lowest BCUT2D eigenvalue weighted by Gasteiger charge is -2.12. The summed E-state index contributed by atoms with van der Waals surface area (Å²) in [6, 6.07) is 0. The molecule has 0 heterocycles. The van der Waals surface area contributed by atoms with Gasteiger partial charge in [-0.1, -0.05) is 33.6 Å². The lowest BCUT2D eigenvalue weighted by atomic mass is 9.99. The first-order valence-corrected chi connectivity index (χ1v) is 5.04. The van der Waals surface area contributed by atoms with Gasteiger partial charge in [0.25, 0.3) is 0 Å². The summed E-state index contributed by atoms with van der Waals surface area (Å²) in [5.74, 6) is -0.939. The number of aliphatic carboxylic acids is 1. The number of carboxylic acids is 1. The summed E-state index contributed by atoms with van der Waals surface area (Å²) >= 11 is 9.01. The second kappa shape index (κ2) is 4.10. The van der Waals surface area contributed by atoms with E-state index in [1.165, 1.54) is 0 Å². The van der Waals surface area contributed by atoms with Gasteiger partial charge in [-0.15, -0.1) is 0 Å². The van der Waals surface area contributed by atoms with Gasteiger partial charge < -0.3 is 5.11 Å². The Labute approximate surface area is 84.0 Å². The molecule has 0 fully saturated rings. The maximum absolute atomic E-state index is 10.7. The zero-order chi connectivity index (χ0) is 9.14. The van der Waals surface area contributed by atoms with E-state index in [9.17, 15) is 4.79 Å². The van der Waals surface area contributed by atoms with Crippen molar-refractivity contribution in [1.29, 1.82) is 0 Å². The van der Waals surface area contributed by atoms with Gasteiger partial charge in [0.05, 0.1) is 5.57 Å². The molecule has 2 nitrogen and oxygen atoms in total. The van der Waals surface area contributed by atoms with Crippen LogP contribution in [0.15, 0.2) is 22.3 Å². The maximum atomic E-state index is 10.7. The van der Waals surface area contributed by atoms with Gasteiger partial charge in [0.15, 0.2) is 0 Å². The van der Waals surface area contributed by atoms with E-state index in [1.54, 1.807) is 0 Å². The standard InChI is InChI=1S/C8H8BrClO2/c9-4-5-2-1-3-6(10)7(5)8(11)12/h2H,1,3-4H2,(H,11,12). The van der Waals surface area contributed by atoms with Crippen LogP contribution in [0.4, 0.5) is 0 Å². The van der Waals surface area contributed by atoms with Crippen molar-refractivity contribution in [3.8, 4) is 0 Å². The van der Waals surface area contributed by atoms with Crippen LogP contribution in [-0.4, -0.2) is 16.4 Å². The largest absolute Gasteiger partial charge is 0.478 e. The van der Waals surface area contributed by atoms with Gasteiger partial charge in [0, 0.05) is 10.4 Å². The molecule has 12 heavy (non-hydrogen) atoms. The van der Waals surface area contributed by atoms with Crippen LogP contribution in [0, 0.1) is 0 Å². The molecule has 0 aromatic carbocycles. The quantitative estimate of drug-likeness (QED) is 0.766. The third kappa shape index (κ3) is 1.90. The lowest BCUT2D eigenvalue weighted by molar-refractivity contribution is -0.132. The van der Waals surface area contributed by atoms with Crippen molar-refractivity contribution < 1.29 is 9.90 Å². The van der Waals surface area contributed by atoms with Crippen molar-refractivity contribution in [3.63, 3.8) is 0 Å². The van der Waals surface area contributed by atoms with Crippen LogP contribution >= 0.6 is 27.5 Å². The molecule has 0 aliphatic heterocycles. The minimum atomic E-state index is -0.939. The molecule has 1 N–H and O–H groups in total. The molecule has 0 amide bonds. The van der Waals surface area contributed by atoms with Crippen LogP contribution in [0.3, 0.4) is 0 Å². The van der Waals surface area contributed by atoms with Gasteiger partial charge in [-0.25, -0.2) is 4.79 Å². The fraction of sp³-hybridized carbons (Fsp3) is 0.375. The first-order valence-electron chi connectivity index (χ1n) is 3.54. The maximum Gasteiger partial charge on any atom is 0.337 e. The van der Waals surface area contributed by atoms with Crippen molar-refractivity contribution in [3.05, 3.63) is 22.3 Å². The molecule has 1 aliphatic carbocycles. The SMILES string of the molecule is O=C(O)C1=C(Cl)CCC=C1CBr. The van der Waals surface area contributed by atoms with Crippen LogP contribution in [0.2, 0.25) is 0 Å². The van der Waals surface area contributed by atoms with E-state index in [1.807, 2.05) is 6.08 Å². The number of carbonyl (C=O) groups is 1. The number of rotatable bonds is 2. The molecule has 0 aromatic heterocycles. The summed E-state index contributed by atoms with van der Waals surface area (Å²) in [5.41, 5.74) is 1.04. The molecule has 1 aliphatic rings. The molecule has 1 rings (SSSR count). The smallest absolute Gasteiger partial charge is 0.337 e. The average Bonchev–Trinajstić information content (AvgIpc) is 2.03. The highest BCUT2D eigenvalue weighted by Crippen LogP contribution is 2.28. The van der Waals surface area contributed by atoms with Crippen LogP contribution in [0.1, 0.15) is 12.8 Å². The molecule has 0 saturated heterocycles. The number of halogens is 2. The Kier molecular flexibility index (Phi) is 3.35. The fourth-order valence-corrected chi connectivity index (χ4v) is 1.97. The van der Waals surface area contributed by atoms with E-state index in [0.717, 1.165) is 12.0 Å². The van der Waals surface area contributed by atoms with Gasteiger partial charge in [-0.3, -0.25) is 0 Å². The molecular weight excluding hydrogens is 243 g/mol. The van der Waals surface area contributed by atoms with E-state index < -0.39 is 5.97 Å². The van der Waals surface area contributed by atoms with Crippen LogP contribution in [0.5, 0.6) is 0 Å². The highest BCUT2D eigenvalue weighted by atomic mass is 79.9.